The molecule has 2 N–H and O–H groups in total. The number of sulfonamides is 1. The van der Waals surface area contributed by atoms with E-state index < -0.39 is 16.6 Å². The number of hydrogen-bond donors (Lipinski definition) is 2. The number of rotatable bonds is 7. The number of nitrogens with zero attached hydrogens (tertiary/aromatic N) is 2. The van der Waals surface area contributed by atoms with Crippen LogP contribution in [0.3, 0.4) is 0 Å². The zero-order valence-corrected chi connectivity index (χ0v) is 17.0. The van der Waals surface area contributed by atoms with Crippen molar-refractivity contribution in [2.24, 2.45) is 4.99 Å². The fourth-order valence-electron chi connectivity index (χ4n) is 3.37. The van der Waals surface area contributed by atoms with Crippen LogP contribution < -0.4 is 24.8 Å². The summed E-state index contributed by atoms with van der Waals surface area (Å²) < 4.78 is 65.7. The van der Waals surface area contributed by atoms with Crippen LogP contribution in [0, 0.1) is 0 Å². The average Bonchev–Trinajstić information content (AvgIpc) is 3.29. The molecule has 1 saturated heterocycles. The van der Waals surface area contributed by atoms with Gasteiger partial charge < -0.3 is 24.8 Å². The second kappa shape index (κ2) is 8.99. The van der Waals surface area contributed by atoms with E-state index in [1.807, 2.05) is 0 Å². The average molecular weight is 434 g/mol. The van der Waals surface area contributed by atoms with E-state index in [1.54, 1.807) is 13.1 Å². The van der Waals surface area contributed by atoms with Crippen molar-refractivity contribution in [3.05, 3.63) is 17.7 Å². The molecule has 0 unspecified atom stereocenters. The van der Waals surface area contributed by atoms with E-state index in [4.69, 9.17) is 9.47 Å². The lowest BCUT2D eigenvalue weighted by Gasteiger charge is -2.23. The molecule has 0 bridgehead atoms. The molecule has 0 aromatic heterocycles. The number of halogens is 2. The minimum absolute atomic E-state index is 0.0157. The first-order chi connectivity index (χ1) is 13.8. The van der Waals surface area contributed by atoms with Crippen LogP contribution in [0.4, 0.5) is 8.78 Å². The molecule has 1 fully saturated rings. The normalized spacial score (nSPS) is 19.6. The van der Waals surface area contributed by atoms with Crippen LogP contribution in [0.2, 0.25) is 0 Å². The summed E-state index contributed by atoms with van der Waals surface area (Å²) in [6, 6.07) is 2.78. The van der Waals surface area contributed by atoms with E-state index in [-0.39, 0.29) is 25.1 Å². The highest BCUT2D eigenvalue weighted by atomic mass is 32.2. The van der Waals surface area contributed by atoms with E-state index in [2.05, 4.69) is 20.4 Å². The molecule has 0 spiro atoms. The summed E-state index contributed by atoms with van der Waals surface area (Å²) in [6.07, 6.45) is 2.76. The molecule has 0 aliphatic carbocycles. The Morgan fingerprint density at radius 2 is 2.07 bits per heavy atom. The van der Waals surface area contributed by atoms with Crippen molar-refractivity contribution in [2.45, 2.75) is 32.0 Å². The maximum Gasteiger partial charge on any atom is 0.387 e. The van der Waals surface area contributed by atoms with Crippen LogP contribution in [-0.4, -0.2) is 64.5 Å². The van der Waals surface area contributed by atoms with Crippen LogP contribution in [-0.2, 0) is 16.6 Å². The molecular weight excluding hydrogens is 410 g/mol. The third-order valence-electron chi connectivity index (χ3n) is 4.70. The summed E-state index contributed by atoms with van der Waals surface area (Å²) in [5, 5.41) is 6.10. The lowest BCUT2D eigenvalue weighted by atomic mass is 10.1. The molecule has 2 heterocycles. The van der Waals surface area contributed by atoms with Gasteiger partial charge in [-0.25, -0.2) is 8.42 Å². The van der Waals surface area contributed by atoms with Gasteiger partial charge in [0.05, 0.1) is 6.26 Å². The number of fused-ring (bicyclic) bond motifs is 1. The third-order valence-corrected chi connectivity index (χ3v) is 6.03. The van der Waals surface area contributed by atoms with Crippen LogP contribution in [0.15, 0.2) is 17.1 Å². The van der Waals surface area contributed by atoms with Gasteiger partial charge in [0.15, 0.2) is 17.5 Å². The number of benzene rings is 1. The monoisotopic (exact) mass is 434 g/mol. The highest BCUT2D eigenvalue weighted by Crippen LogP contribution is 2.38. The predicted octanol–water partition coefficient (Wildman–Crippen LogP) is 1.11. The van der Waals surface area contributed by atoms with Crippen molar-refractivity contribution < 1.29 is 31.4 Å². The summed E-state index contributed by atoms with van der Waals surface area (Å²) in [7, 11) is -1.70. The van der Waals surface area contributed by atoms with Gasteiger partial charge >= 0.3 is 6.61 Å². The molecule has 29 heavy (non-hydrogen) atoms. The lowest BCUT2D eigenvalue weighted by molar-refractivity contribution is -0.0505. The summed E-state index contributed by atoms with van der Waals surface area (Å²) in [4.78, 5) is 4.10. The zero-order valence-electron chi connectivity index (χ0n) is 16.2. The van der Waals surface area contributed by atoms with Gasteiger partial charge in [0, 0.05) is 44.4 Å². The van der Waals surface area contributed by atoms with Crippen molar-refractivity contribution in [1.82, 2.24) is 14.9 Å². The molecule has 2 aliphatic heterocycles. The molecule has 1 atom stereocenters. The van der Waals surface area contributed by atoms with Gasteiger partial charge in [0.2, 0.25) is 16.8 Å². The number of aliphatic imine (C=N–C) groups is 1. The minimum atomic E-state index is -3.26. The van der Waals surface area contributed by atoms with Crippen LogP contribution in [0.25, 0.3) is 0 Å². The van der Waals surface area contributed by atoms with Gasteiger partial charge in [0.1, 0.15) is 5.75 Å². The fraction of sp³-hybridized carbons (Fsp3) is 0.588. The molecule has 162 valence electrons. The topological polar surface area (TPSA) is 101 Å². The van der Waals surface area contributed by atoms with E-state index in [1.165, 1.54) is 16.6 Å². The number of nitrogens with one attached hydrogen (secondary N) is 2. The lowest BCUT2D eigenvalue weighted by Crippen LogP contribution is -2.46. The summed E-state index contributed by atoms with van der Waals surface area (Å²) in [5.41, 5.74) is 0.441. The van der Waals surface area contributed by atoms with Gasteiger partial charge in [-0.05, 0) is 18.9 Å². The smallest absolute Gasteiger partial charge is 0.387 e. The first-order valence-electron chi connectivity index (χ1n) is 9.06. The first kappa shape index (κ1) is 21.4. The number of ether oxygens (including phenoxy) is 3. The first-order valence-corrected chi connectivity index (χ1v) is 10.9. The maximum absolute atomic E-state index is 12.7. The quantitative estimate of drug-likeness (QED) is 0.490. The van der Waals surface area contributed by atoms with Crippen LogP contribution >= 0.6 is 0 Å². The summed E-state index contributed by atoms with van der Waals surface area (Å²) >= 11 is 0. The van der Waals surface area contributed by atoms with Crippen LogP contribution in [0.1, 0.15) is 18.4 Å². The molecular formula is C17H24F2N4O5S. The number of guanidine groups is 1. The molecule has 0 radical (unpaired) electrons. The van der Waals surface area contributed by atoms with Crippen molar-refractivity contribution in [3.8, 4) is 17.2 Å². The molecule has 0 amide bonds. The number of hydrogen-bond acceptors (Lipinski definition) is 6. The van der Waals surface area contributed by atoms with Crippen molar-refractivity contribution in [1.29, 1.82) is 0 Å². The predicted molar refractivity (Wildman–Crippen MR) is 102 cm³/mol. The van der Waals surface area contributed by atoms with Gasteiger partial charge in [-0.1, -0.05) is 0 Å². The van der Waals surface area contributed by atoms with E-state index in [0.717, 1.165) is 12.8 Å². The maximum atomic E-state index is 12.7. The second-order valence-electron chi connectivity index (χ2n) is 6.67. The van der Waals surface area contributed by atoms with E-state index >= 15 is 0 Å². The Morgan fingerprint density at radius 1 is 1.34 bits per heavy atom. The van der Waals surface area contributed by atoms with Crippen LogP contribution in [0.5, 0.6) is 17.2 Å². The fourth-order valence-corrected chi connectivity index (χ4v) is 4.56. The zero-order chi connectivity index (χ0) is 21.0. The Bertz CT molecular complexity index is 866. The van der Waals surface area contributed by atoms with Crippen molar-refractivity contribution in [2.75, 3.05) is 33.2 Å². The van der Waals surface area contributed by atoms with E-state index in [9.17, 15) is 17.2 Å². The Hall–Kier alpha value is -2.34. The highest BCUT2D eigenvalue weighted by Gasteiger charge is 2.31. The Balaban J connectivity index is 1.62. The van der Waals surface area contributed by atoms with Crippen molar-refractivity contribution >= 4 is 16.0 Å². The van der Waals surface area contributed by atoms with Crippen molar-refractivity contribution in [3.63, 3.8) is 0 Å². The molecule has 0 saturated carbocycles. The second-order valence-corrected chi connectivity index (χ2v) is 8.60. The molecule has 3 rings (SSSR count). The molecule has 9 nitrogen and oxygen atoms in total. The standard InChI is InChI=1S/C17H24F2N4O5S/c1-20-17(22-9-12-4-3-5-23(12)29(2,24)25)21-8-11-6-14-15(27-10-26-14)7-13(11)28-16(18)19/h6-7,12,16H,3-5,8-10H2,1-2H3,(H2,20,21,22)/t12-/m1/s1. The van der Waals surface area contributed by atoms with E-state index in [0.29, 0.717) is 36.1 Å². The summed E-state index contributed by atoms with van der Waals surface area (Å²) in [5.74, 6) is 1.17. The molecule has 2 aliphatic rings. The SMILES string of the molecule is CN=C(NCc1cc2c(cc1OC(F)F)OCO2)NC[C@H]1CCCN1S(C)(=O)=O. The van der Waals surface area contributed by atoms with Gasteiger partial charge in [-0.15, -0.1) is 0 Å². The Labute approximate surface area is 168 Å². The molecule has 1 aromatic carbocycles. The molecule has 12 heteroatoms. The van der Waals surface area contributed by atoms with Gasteiger partial charge in [-0.2, -0.15) is 13.1 Å². The van der Waals surface area contributed by atoms with Gasteiger partial charge in [-0.3, -0.25) is 4.99 Å². The Kier molecular flexibility index (Phi) is 6.63. The van der Waals surface area contributed by atoms with Gasteiger partial charge in [0.25, 0.3) is 0 Å². The minimum Gasteiger partial charge on any atom is -0.454 e. The summed E-state index contributed by atoms with van der Waals surface area (Å²) in [6.45, 7) is -1.94. The molecule has 1 aromatic rings. The third kappa shape index (κ3) is 5.38. The Morgan fingerprint density at radius 3 is 2.72 bits per heavy atom. The highest BCUT2D eigenvalue weighted by molar-refractivity contribution is 7.88. The largest absolute Gasteiger partial charge is 0.454 e. The number of alkyl halides is 2.